The summed E-state index contributed by atoms with van der Waals surface area (Å²) in [6.07, 6.45) is 7.88. The summed E-state index contributed by atoms with van der Waals surface area (Å²) < 4.78 is 0. The SMILES string of the molecule is CN1CCC[C@@H]1CCN1CCC[C@@H]1Cc1ccccc1Cl. The van der Waals surface area contributed by atoms with Crippen LogP contribution in [0.3, 0.4) is 0 Å². The van der Waals surface area contributed by atoms with E-state index in [1.807, 2.05) is 12.1 Å². The first-order valence-corrected chi connectivity index (χ1v) is 8.79. The summed E-state index contributed by atoms with van der Waals surface area (Å²) >= 11 is 6.32. The first-order valence-electron chi connectivity index (χ1n) is 8.42. The molecule has 3 heteroatoms. The van der Waals surface area contributed by atoms with E-state index in [1.165, 1.54) is 57.3 Å². The van der Waals surface area contributed by atoms with Gasteiger partial charge in [-0.15, -0.1) is 0 Å². The number of hydrogen-bond donors (Lipinski definition) is 0. The summed E-state index contributed by atoms with van der Waals surface area (Å²) in [7, 11) is 2.28. The Bertz CT molecular complexity index is 462. The second-order valence-corrected chi connectivity index (χ2v) is 7.10. The summed E-state index contributed by atoms with van der Waals surface area (Å²) in [5.74, 6) is 0. The van der Waals surface area contributed by atoms with Gasteiger partial charge < -0.3 is 4.90 Å². The molecule has 2 aliphatic heterocycles. The molecule has 2 fully saturated rings. The summed E-state index contributed by atoms with van der Waals surface area (Å²) in [6, 6.07) is 9.83. The molecule has 2 heterocycles. The van der Waals surface area contributed by atoms with E-state index in [2.05, 4.69) is 29.0 Å². The standard InChI is InChI=1S/C18H27ClN2/c1-20-11-4-7-16(20)10-13-21-12-5-8-17(21)14-15-6-2-3-9-18(15)19/h2-3,6,9,16-17H,4-5,7-8,10-14H2,1H3/t16-,17-/m1/s1. The molecule has 21 heavy (non-hydrogen) atoms. The van der Waals surface area contributed by atoms with E-state index in [0.29, 0.717) is 6.04 Å². The Morgan fingerprint density at radius 3 is 2.62 bits per heavy atom. The number of benzene rings is 1. The summed E-state index contributed by atoms with van der Waals surface area (Å²) in [4.78, 5) is 5.24. The second-order valence-electron chi connectivity index (χ2n) is 6.69. The van der Waals surface area contributed by atoms with Crippen molar-refractivity contribution in [3.63, 3.8) is 0 Å². The van der Waals surface area contributed by atoms with Gasteiger partial charge in [-0.25, -0.2) is 0 Å². The third-order valence-corrected chi connectivity index (χ3v) is 5.70. The van der Waals surface area contributed by atoms with Crippen LogP contribution in [0.2, 0.25) is 5.02 Å². The van der Waals surface area contributed by atoms with Gasteiger partial charge in [0.15, 0.2) is 0 Å². The van der Waals surface area contributed by atoms with E-state index in [0.717, 1.165) is 17.5 Å². The minimum Gasteiger partial charge on any atom is -0.303 e. The van der Waals surface area contributed by atoms with Gasteiger partial charge in [0.1, 0.15) is 0 Å². The molecule has 1 aromatic rings. The lowest BCUT2D eigenvalue weighted by Gasteiger charge is -2.28. The Morgan fingerprint density at radius 1 is 1.10 bits per heavy atom. The minimum absolute atomic E-state index is 0.691. The lowest BCUT2D eigenvalue weighted by molar-refractivity contribution is 0.210. The van der Waals surface area contributed by atoms with Crippen LogP contribution >= 0.6 is 11.6 Å². The smallest absolute Gasteiger partial charge is 0.0438 e. The van der Waals surface area contributed by atoms with Crippen molar-refractivity contribution in [3.8, 4) is 0 Å². The Kier molecular flexibility index (Phi) is 5.20. The average Bonchev–Trinajstić information content (AvgIpc) is 3.08. The predicted octanol–water partition coefficient (Wildman–Crippen LogP) is 3.83. The van der Waals surface area contributed by atoms with E-state index >= 15 is 0 Å². The molecule has 2 nitrogen and oxygen atoms in total. The van der Waals surface area contributed by atoms with Crippen LogP contribution in [-0.4, -0.2) is 48.6 Å². The third kappa shape index (κ3) is 3.80. The summed E-state index contributed by atoms with van der Waals surface area (Å²) in [5, 5.41) is 0.930. The van der Waals surface area contributed by atoms with Crippen LogP contribution in [0.15, 0.2) is 24.3 Å². The van der Waals surface area contributed by atoms with Crippen LogP contribution in [0.1, 0.15) is 37.7 Å². The van der Waals surface area contributed by atoms with Crippen LogP contribution in [0, 0.1) is 0 Å². The van der Waals surface area contributed by atoms with Gasteiger partial charge in [0, 0.05) is 17.1 Å². The minimum atomic E-state index is 0.691. The van der Waals surface area contributed by atoms with Gasteiger partial charge in [-0.2, -0.15) is 0 Å². The molecule has 2 aliphatic rings. The topological polar surface area (TPSA) is 6.48 Å². The predicted molar refractivity (Wildman–Crippen MR) is 90.0 cm³/mol. The third-order valence-electron chi connectivity index (χ3n) is 5.33. The lowest BCUT2D eigenvalue weighted by atomic mass is 10.0. The fraction of sp³-hybridized carbons (Fsp3) is 0.667. The molecule has 1 aromatic carbocycles. The average molecular weight is 307 g/mol. The molecule has 2 saturated heterocycles. The van der Waals surface area contributed by atoms with Gasteiger partial charge in [-0.1, -0.05) is 29.8 Å². The highest BCUT2D eigenvalue weighted by Crippen LogP contribution is 2.26. The number of likely N-dealkylation sites (tertiary alicyclic amines) is 2. The van der Waals surface area contributed by atoms with Gasteiger partial charge >= 0.3 is 0 Å². The Morgan fingerprint density at radius 2 is 1.86 bits per heavy atom. The van der Waals surface area contributed by atoms with Crippen molar-refractivity contribution in [2.45, 2.75) is 50.6 Å². The summed E-state index contributed by atoms with van der Waals surface area (Å²) in [6.45, 7) is 3.81. The van der Waals surface area contributed by atoms with Crippen molar-refractivity contribution >= 4 is 11.6 Å². The van der Waals surface area contributed by atoms with E-state index in [1.54, 1.807) is 0 Å². The molecular formula is C18H27ClN2. The molecule has 0 aromatic heterocycles. The second kappa shape index (κ2) is 7.13. The molecule has 0 bridgehead atoms. The zero-order valence-electron chi connectivity index (χ0n) is 13.1. The van der Waals surface area contributed by atoms with Gasteiger partial charge in [0.25, 0.3) is 0 Å². The van der Waals surface area contributed by atoms with Crippen LogP contribution in [-0.2, 0) is 6.42 Å². The van der Waals surface area contributed by atoms with E-state index in [4.69, 9.17) is 11.6 Å². The zero-order chi connectivity index (χ0) is 14.7. The molecule has 0 aliphatic carbocycles. The van der Waals surface area contributed by atoms with Crippen LogP contribution in [0.4, 0.5) is 0 Å². The highest BCUT2D eigenvalue weighted by atomic mass is 35.5. The van der Waals surface area contributed by atoms with Gasteiger partial charge in [0.2, 0.25) is 0 Å². The molecule has 0 saturated carbocycles. The van der Waals surface area contributed by atoms with Crippen LogP contribution < -0.4 is 0 Å². The zero-order valence-corrected chi connectivity index (χ0v) is 13.9. The highest BCUT2D eigenvalue weighted by molar-refractivity contribution is 6.31. The number of rotatable bonds is 5. The van der Waals surface area contributed by atoms with E-state index in [-0.39, 0.29) is 0 Å². The van der Waals surface area contributed by atoms with E-state index < -0.39 is 0 Å². The normalized spacial score (nSPS) is 27.5. The fourth-order valence-corrected chi connectivity index (χ4v) is 4.21. The molecule has 116 valence electrons. The van der Waals surface area contributed by atoms with Gasteiger partial charge in [-0.3, -0.25) is 4.90 Å². The maximum absolute atomic E-state index is 6.32. The summed E-state index contributed by atoms with van der Waals surface area (Å²) in [5.41, 5.74) is 1.31. The van der Waals surface area contributed by atoms with Crippen molar-refractivity contribution in [2.24, 2.45) is 0 Å². The highest BCUT2D eigenvalue weighted by Gasteiger charge is 2.27. The van der Waals surface area contributed by atoms with Crippen molar-refractivity contribution in [1.29, 1.82) is 0 Å². The molecule has 0 radical (unpaired) electrons. The molecular weight excluding hydrogens is 280 g/mol. The molecule has 2 atom stereocenters. The number of hydrogen-bond acceptors (Lipinski definition) is 2. The van der Waals surface area contributed by atoms with Crippen molar-refractivity contribution in [2.75, 3.05) is 26.7 Å². The number of halogens is 1. The Hall–Kier alpha value is -0.570. The molecule has 0 unspecified atom stereocenters. The van der Waals surface area contributed by atoms with Gasteiger partial charge in [0.05, 0.1) is 0 Å². The monoisotopic (exact) mass is 306 g/mol. The number of nitrogens with zero attached hydrogens (tertiary/aromatic N) is 2. The maximum Gasteiger partial charge on any atom is 0.0438 e. The lowest BCUT2D eigenvalue weighted by Crippen LogP contribution is -2.35. The largest absolute Gasteiger partial charge is 0.303 e. The maximum atomic E-state index is 6.32. The first-order chi connectivity index (χ1) is 10.2. The Balaban J connectivity index is 1.54. The molecule has 0 N–H and O–H groups in total. The molecule has 3 rings (SSSR count). The van der Waals surface area contributed by atoms with Crippen molar-refractivity contribution < 1.29 is 0 Å². The van der Waals surface area contributed by atoms with E-state index in [9.17, 15) is 0 Å². The van der Waals surface area contributed by atoms with Crippen molar-refractivity contribution in [3.05, 3.63) is 34.9 Å². The molecule has 0 spiro atoms. The molecule has 0 amide bonds. The van der Waals surface area contributed by atoms with Crippen LogP contribution in [0.25, 0.3) is 0 Å². The van der Waals surface area contributed by atoms with Gasteiger partial charge in [-0.05, 0) is 76.8 Å². The first kappa shape index (κ1) is 15.3. The quantitative estimate of drug-likeness (QED) is 0.816. The Labute approximate surface area is 134 Å². The van der Waals surface area contributed by atoms with Crippen molar-refractivity contribution in [1.82, 2.24) is 9.80 Å². The van der Waals surface area contributed by atoms with Crippen LogP contribution in [0.5, 0.6) is 0 Å². The fourth-order valence-electron chi connectivity index (χ4n) is 4.00.